The lowest BCUT2D eigenvalue weighted by Crippen LogP contribution is -2.07. The topological polar surface area (TPSA) is 38.3 Å². The molecule has 0 aromatic heterocycles. The molecule has 0 saturated carbocycles. The molecule has 0 fully saturated rings. The average molecular weight is 276 g/mol. The summed E-state index contributed by atoms with van der Waals surface area (Å²) in [5.74, 6) is -0.208. The van der Waals surface area contributed by atoms with E-state index in [9.17, 15) is 4.79 Å². The normalized spacial score (nSPS) is 10.1. The van der Waals surface area contributed by atoms with Crippen LogP contribution in [0.5, 0.6) is 0 Å². The summed E-state index contributed by atoms with van der Waals surface area (Å²) in [5.41, 5.74) is 1.73. The van der Waals surface area contributed by atoms with Crippen molar-refractivity contribution in [3.63, 3.8) is 0 Å². The second-order valence-corrected chi connectivity index (χ2v) is 4.50. The molecule has 3 nitrogen and oxygen atoms in total. The molecule has 0 aliphatic heterocycles. The van der Waals surface area contributed by atoms with Crippen molar-refractivity contribution in [3.05, 3.63) is 27.7 Å². The number of ether oxygens (including phenoxy) is 1. The first-order valence-corrected chi connectivity index (χ1v) is 6.06. The van der Waals surface area contributed by atoms with Gasteiger partial charge in [-0.2, -0.15) is 0 Å². The van der Waals surface area contributed by atoms with E-state index in [1.165, 1.54) is 7.11 Å². The molecule has 0 saturated heterocycles. The number of hydrogen-bond donors (Lipinski definition) is 1. The van der Waals surface area contributed by atoms with E-state index >= 15 is 0 Å². The van der Waals surface area contributed by atoms with Crippen LogP contribution in [0.25, 0.3) is 0 Å². The van der Waals surface area contributed by atoms with Crippen molar-refractivity contribution in [1.29, 1.82) is 0 Å². The molecule has 0 spiro atoms. The Bertz CT molecular complexity index is 408. The van der Waals surface area contributed by atoms with Gasteiger partial charge in [-0.05, 0) is 31.0 Å². The summed E-state index contributed by atoms with van der Waals surface area (Å²) < 4.78 is 4.55. The molecular formula is C12H15Cl2NO2. The molecule has 1 aromatic rings. The fourth-order valence-electron chi connectivity index (χ4n) is 1.34. The third-order valence-electron chi connectivity index (χ3n) is 2.35. The highest BCUT2D eigenvalue weighted by Crippen LogP contribution is 2.28. The minimum absolute atomic E-state index is 0.208. The van der Waals surface area contributed by atoms with Gasteiger partial charge in [0.25, 0.3) is 0 Å². The molecule has 0 bridgehead atoms. The van der Waals surface area contributed by atoms with Gasteiger partial charge < -0.3 is 10.1 Å². The zero-order valence-electron chi connectivity index (χ0n) is 9.85. The van der Waals surface area contributed by atoms with Crippen LogP contribution in [0, 0.1) is 6.92 Å². The number of rotatable bonds is 5. The molecule has 94 valence electrons. The van der Waals surface area contributed by atoms with Crippen LogP contribution in [0.15, 0.2) is 12.1 Å². The molecule has 0 unspecified atom stereocenters. The van der Waals surface area contributed by atoms with Gasteiger partial charge in [-0.15, -0.1) is 0 Å². The maximum absolute atomic E-state index is 10.9. The monoisotopic (exact) mass is 275 g/mol. The van der Waals surface area contributed by atoms with E-state index in [4.69, 9.17) is 23.2 Å². The number of hydrogen-bond acceptors (Lipinski definition) is 3. The quantitative estimate of drug-likeness (QED) is 0.658. The number of benzene rings is 1. The number of carbonyl (C=O) groups excluding carboxylic acids is 1. The SMILES string of the molecule is COC(=O)CCCNc1cc(Cl)c(C)cc1Cl. The number of carbonyl (C=O) groups is 1. The van der Waals surface area contributed by atoms with Gasteiger partial charge in [-0.25, -0.2) is 0 Å². The summed E-state index contributed by atoms with van der Waals surface area (Å²) in [6, 6.07) is 3.60. The van der Waals surface area contributed by atoms with Gasteiger partial charge in [0, 0.05) is 18.0 Å². The maximum atomic E-state index is 10.9. The second-order valence-electron chi connectivity index (χ2n) is 3.69. The van der Waals surface area contributed by atoms with Gasteiger partial charge in [-0.3, -0.25) is 4.79 Å². The molecule has 1 N–H and O–H groups in total. The van der Waals surface area contributed by atoms with Crippen molar-refractivity contribution in [1.82, 2.24) is 0 Å². The van der Waals surface area contributed by atoms with Gasteiger partial charge in [0.05, 0.1) is 17.8 Å². The lowest BCUT2D eigenvalue weighted by atomic mass is 10.2. The third-order valence-corrected chi connectivity index (χ3v) is 3.07. The molecule has 17 heavy (non-hydrogen) atoms. The number of halogens is 2. The van der Waals surface area contributed by atoms with Crippen molar-refractivity contribution in [2.75, 3.05) is 19.0 Å². The highest BCUT2D eigenvalue weighted by atomic mass is 35.5. The van der Waals surface area contributed by atoms with Crippen molar-refractivity contribution in [2.45, 2.75) is 19.8 Å². The Hall–Kier alpha value is -0.930. The Morgan fingerprint density at radius 1 is 1.35 bits per heavy atom. The van der Waals surface area contributed by atoms with Gasteiger partial charge >= 0.3 is 5.97 Å². The van der Waals surface area contributed by atoms with Crippen LogP contribution in [0.3, 0.4) is 0 Å². The van der Waals surface area contributed by atoms with Crippen LogP contribution in [-0.4, -0.2) is 19.6 Å². The van der Waals surface area contributed by atoms with E-state index in [1.54, 1.807) is 6.07 Å². The Morgan fingerprint density at radius 3 is 2.71 bits per heavy atom. The Kier molecular flexibility index (Phi) is 5.59. The minimum atomic E-state index is -0.208. The number of aryl methyl sites for hydroxylation is 1. The van der Waals surface area contributed by atoms with E-state index in [2.05, 4.69) is 10.1 Å². The largest absolute Gasteiger partial charge is 0.469 e. The molecule has 1 aromatic carbocycles. The first kappa shape index (κ1) is 14.1. The van der Waals surface area contributed by atoms with Crippen molar-refractivity contribution in [3.8, 4) is 0 Å². The van der Waals surface area contributed by atoms with E-state index in [-0.39, 0.29) is 5.97 Å². The standard InChI is InChI=1S/C12H15Cl2NO2/c1-8-6-10(14)11(7-9(8)13)15-5-3-4-12(16)17-2/h6-7,15H,3-5H2,1-2H3. The van der Waals surface area contributed by atoms with E-state index in [0.29, 0.717) is 29.4 Å². The van der Waals surface area contributed by atoms with Crippen LogP contribution in [0.1, 0.15) is 18.4 Å². The Balaban J connectivity index is 2.47. The van der Waals surface area contributed by atoms with E-state index < -0.39 is 0 Å². The molecule has 1 rings (SSSR count). The maximum Gasteiger partial charge on any atom is 0.305 e. The highest BCUT2D eigenvalue weighted by molar-refractivity contribution is 6.35. The fraction of sp³-hybridized carbons (Fsp3) is 0.417. The summed E-state index contributed by atoms with van der Waals surface area (Å²) in [6.45, 7) is 2.55. The first-order chi connectivity index (χ1) is 8.04. The molecule has 0 heterocycles. The summed E-state index contributed by atoms with van der Waals surface area (Å²) in [6.07, 6.45) is 1.08. The van der Waals surface area contributed by atoms with Crippen LogP contribution in [0.4, 0.5) is 5.69 Å². The number of esters is 1. The zero-order chi connectivity index (χ0) is 12.8. The van der Waals surface area contributed by atoms with Crippen LogP contribution < -0.4 is 5.32 Å². The molecule has 0 amide bonds. The number of anilines is 1. The predicted molar refractivity (Wildman–Crippen MR) is 70.9 cm³/mol. The van der Waals surface area contributed by atoms with Gasteiger partial charge in [-0.1, -0.05) is 23.2 Å². The van der Waals surface area contributed by atoms with Crippen LogP contribution in [0.2, 0.25) is 10.0 Å². The molecule has 0 radical (unpaired) electrons. The van der Waals surface area contributed by atoms with Crippen molar-refractivity contribution < 1.29 is 9.53 Å². The summed E-state index contributed by atoms with van der Waals surface area (Å²) in [4.78, 5) is 10.9. The van der Waals surface area contributed by atoms with E-state index in [0.717, 1.165) is 11.3 Å². The average Bonchev–Trinajstić information content (AvgIpc) is 2.30. The molecule has 0 aliphatic carbocycles. The summed E-state index contributed by atoms with van der Waals surface area (Å²) in [7, 11) is 1.38. The lowest BCUT2D eigenvalue weighted by Gasteiger charge is -2.09. The van der Waals surface area contributed by atoms with Crippen LogP contribution in [-0.2, 0) is 9.53 Å². The van der Waals surface area contributed by atoms with Gasteiger partial charge in [0.2, 0.25) is 0 Å². The first-order valence-electron chi connectivity index (χ1n) is 5.31. The smallest absolute Gasteiger partial charge is 0.305 e. The molecule has 5 heteroatoms. The van der Waals surface area contributed by atoms with Crippen molar-refractivity contribution >= 4 is 34.9 Å². The minimum Gasteiger partial charge on any atom is -0.469 e. The van der Waals surface area contributed by atoms with Crippen molar-refractivity contribution in [2.24, 2.45) is 0 Å². The number of nitrogens with one attached hydrogen (secondary N) is 1. The highest BCUT2D eigenvalue weighted by Gasteiger charge is 2.05. The van der Waals surface area contributed by atoms with Gasteiger partial charge in [0.15, 0.2) is 0 Å². The summed E-state index contributed by atoms with van der Waals surface area (Å²) >= 11 is 12.1. The Morgan fingerprint density at radius 2 is 2.06 bits per heavy atom. The molecule has 0 aliphatic rings. The third kappa shape index (κ3) is 4.44. The lowest BCUT2D eigenvalue weighted by molar-refractivity contribution is -0.140. The molecular weight excluding hydrogens is 261 g/mol. The van der Waals surface area contributed by atoms with E-state index in [1.807, 2.05) is 13.0 Å². The second kappa shape index (κ2) is 6.72. The predicted octanol–water partition coefficient (Wildman–Crippen LogP) is 3.67. The fourth-order valence-corrected chi connectivity index (χ4v) is 1.79. The molecule has 0 atom stereocenters. The number of methoxy groups -OCH3 is 1. The van der Waals surface area contributed by atoms with Gasteiger partial charge in [0.1, 0.15) is 0 Å². The zero-order valence-corrected chi connectivity index (χ0v) is 11.4. The summed E-state index contributed by atoms with van der Waals surface area (Å²) in [5, 5.41) is 4.44. The van der Waals surface area contributed by atoms with Crippen LogP contribution >= 0.6 is 23.2 Å². The Labute approximate surface area is 111 Å².